The van der Waals surface area contributed by atoms with Gasteiger partial charge in [-0.2, -0.15) is 0 Å². The fraction of sp³-hybridized carbons (Fsp3) is 0.500. The smallest absolute Gasteiger partial charge is 0.129 e. The highest BCUT2D eigenvalue weighted by Gasteiger charge is 2.15. The summed E-state index contributed by atoms with van der Waals surface area (Å²) < 4.78 is 20.8. The molecular weight excluding hydrogens is 271 g/mol. The van der Waals surface area contributed by atoms with Gasteiger partial charge >= 0.3 is 0 Å². The van der Waals surface area contributed by atoms with Crippen molar-refractivity contribution < 1.29 is 14.2 Å². The van der Waals surface area contributed by atoms with Crippen molar-refractivity contribution >= 4 is 10.9 Å². The molecule has 1 fully saturated rings. The number of hydrogen-bond donors (Lipinski definition) is 1. The molecule has 0 amide bonds. The molecule has 1 aliphatic heterocycles. The Morgan fingerprint density at radius 3 is 2.76 bits per heavy atom. The molecule has 1 aliphatic rings. The predicted octanol–water partition coefficient (Wildman–Crippen LogP) is 2.38. The maximum Gasteiger partial charge on any atom is 0.129 e. The van der Waals surface area contributed by atoms with E-state index in [0.717, 1.165) is 62.3 Å². The normalized spacial score (nSPS) is 16.7. The molecule has 0 radical (unpaired) electrons. The Labute approximate surface area is 123 Å². The first kappa shape index (κ1) is 14.4. The van der Waals surface area contributed by atoms with Crippen molar-refractivity contribution in [2.75, 3.05) is 32.8 Å². The number of aromatic nitrogens is 1. The maximum atomic E-state index is 13.5. The summed E-state index contributed by atoms with van der Waals surface area (Å²) in [4.78, 5) is 2.36. The van der Waals surface area contributed by atoms with E-state index in [1.54, 1.807) is 0 Å². The molecule has 0 bridgehead atoms. The largest absolute Gasteiger partial charge is 0.507 e. The molecule has 21 heavy (non-hydrogen) atoms. The molecule has 1 aromatic carbocycles. The summed E-state index contributed by atoms with van der Waals surface area (Å²) in [5.74, 6) is -0.360. The third-order valence-corrected chi connectivity index (χ3v) is 4.15. The third kappa shape index (κ3) is 2.89. The highest BCUT2D eigenvalue weighted by atomic mass is 19.1. The van der Waals surface area contributed by atoms with Crippen molar-refractivity contribution in [1.82, 2.24) is 9.47 Å². The van der Waals surface area contributed by atoms with Crippen LogP contribution in [-0.4, -0.2) is 47.4 Å². The van der Waals surface area contributed by atoms with E-state index < -0.39 is 5.82 Å². The summed E-state index contributed by atoms with van der Waals surface area (Å²) in [7, 11) is 0. The number of morpholine rings is 1. The summed E-state index contributed by atoms with van der Waals surface area (Å²) in [5, 5.41) is 10.9. The van der Waals surface area contributed by atoms with Crippen molar-refractivity contribution in [3.63, 3.8) is 0 Å². The second kappa shape index (κ2) is 6.03. The molecule has 2 aromatic rings. The average Bonchev–Trinajstić information content (AvgIpc) is 2.84. The van der Waals surface area contributed by atoms with E-state index in [-0.39, 0.29) is 5.75 Å². The summed E-state index contributed by atoms with van der Waals surface area (Å²) >= 11 is 0. The molecule has 0 atom stereocenters. The lowest BCUT2D eigenvalue weighted by atomic mass is 10.1. The minimum Gasteiger partial charge on any atom is -0.507 e. The number of nitrogens with zero attached hydrogens (tertiary/aromatic N) is 2. The zero-order valence-corrected chi connectivity index (χ0v) is 12.3. The topological polar surface area (TPSA) is 37.6 Å². The second-order valence-corrected chi connectivity index (χ2v) is 5.46. The number of ether oxygens (including phenoxy) is 1. The number of rotatable bonds is 4. The van der Waals surface area contributed by atoms with Gasteiger partial charge in [0.15, 0.2) is 0 Å². The number of aromatic hydroxyl groups is 1. The summed E-state index contributed by atoms with van der Waals surface area (Å²) in [5.41, 5.74) is 1.85. The van der Waals surface area contributed by atoms with Crippen LogP contribution in [0, 0.1) is 5.82 Å². The van der Waals surface area contributed by atoms with Crippen molar-refractivity contribution in [3.05, 3.63) is 29.7 Å². The van der Waals surface area contributed by atoms with Gasteiger partial charge in [0.2, 0.25) is 0 Å². The fourth-order valence-corrected chi connectivity index (χ4v) is 3.01. The zero-order valence-electron chi connectivity index (χ0n) is 12.3. The molecule has 5 heteroatoms. The van der Waals surface area contributed by atoms with Crippen LogP contribution in [0.1, 0.15) is 12.5 Å². The Bertz CT molecular complexity index is 633. The molecular formula is C16H21FN2O2. The Kier molecular flexibility index (Phi) is 4.12. The zero-order chi connectivity index (χ0) is 14.8. The Morgan fingerprint density at radius 2 is 2.05 bits per heavy atom. The van der Waals surface area contributed by atoms with Crippen molar-refractivity contribution in [1.29, 1.82) is 0 Å². The van der Waals surface area contributed by atoms with Crippen LogP contribution in [-0.2, 0) is 17.7 Å². The van der Waals surface area contributed by atoms with Gasteiger partial charge in [0.25, 0.3) is 0 Å². The number of halogens is 1. The Morgan fingerprint density at radius 1 is 1.29 bits per heavy atom. The molecule has 114 valence electrons. The van der Waals surface area contributed by atoms with Gasteiger partial charge < -0.3 is 14.4 Å². The quantitative estimate of drug-likeness (QED) is 0.940. The predicted molar refractivity (Wildman–Crippen MR) is 80.2 cm³/mol. The van der Waals surface area contributed by atoms with Gasteiger partial charge in [-0.3, -0.25) is 4.90 Å². The standard InChI is InChI=1S/C16H21FN2O2/c1-2-19-11-12(3-4-18-5-7-21-8-6-18)16-14(19)9-13(17)10-15(16)20/h9-11,20H,2-8H2,1H3. The first-order valence-corrected chi connectivity index (χ1v) is 7.49. The third-order valence-electron chi connectivity index (χ3n) is 4.15. The van der Waals surface area contributed by atoms with E-state index in [4.69, 9.17) is 4.74 Å². The van der Waals surface area contributed by atoms with E-state index in [9.17, 15) is 9.50 Å². The highest BCUT2D eigenvalue weighted by Crippen LogP contribution is 2.31. The number of phenols is 1. The molecule has 0 spiro atoms. The van der Waals surface area contributed by atoms with Gasteiger partial charge in [-0.05, 0) is 25.0 Å². The van der Waals surface area contributed by atoms with Gasteiger partial charge in [0, 0.05) is 43.8 Å². The van der Waals surface area contributed by atoms with Crippen LogP contribution >= 0.6 is 0 Å². The number of hydrogen-bond acceptors (Lipinski definition) is 3. The van der Waals surface area contributed by atoms with Gasteiger partial charge in [-0.1, -0.05) is 0 Å². The average molecular weight is 292 g/mol. The molecule has 1 saturated heterocycles. The molecule has 4 nitrogen and oxygen atoms in total. The second-order valence-electron chi connectivity index (χ2n) is 5.46. The van der Waals surface area contributed by atoms with Crippen molar-refractivity contribution in [2.24, 2.45) is 0 Å². The lowest BCUT2D eigenvalue weighted by Crippen LogP contribution is -2.37. The van der Waals surface area contributed by atoms with Crippen LogP contribution < -0.4 is 0 Å². The van der Waals surface area contributed by atoms with Crippen LogP contribution in [0.2, 0.25) is 0 Å². The number of benzene rings is 1. The van der Waals surface area contributed by atoms with Crippen LogP contribution in [0.4, 0.5) is 4.39 Å². The van der Waals surface area contributed by atoms with Crippen LogP contribution in [0.3, 0.4) is 0 Å². The Balaban J connectivity index is 1.87. The van der Waals surface area contributed by atoms with Crippen LogP contribution in [0.25, 0.3) is 10.9 Å². The number of phenolic OH excluding ortho intramolecular Hbond substituents is 1. The molecule has 3 rings (SSSR count). The summed E-state index contributed by atoms with van der Waals surface area (Å²) in [6.07, 6.45) is 2.88. The van der Waals surface area contributed by atoms with E-state index in [2.05, 4.69) is 4.90 Å². The number of aryl methyl sites for hydroxylation is 1. The molecule has 0 aliphatic carbocycles. The lowest BCUT2D eigenvalue weighted by molar-refractivity contribution is 0.0385. The first-order chi connectivity index (χ1) is 10.2. The minimum atomic E-state index is -0.396. The van der Waals surface area contributed by atoms with Crippen LogP contribution in [0.15, 0.2) is 18.3 Å². The molecule has 0 saturated carbocycles. The fourth-order valence-electron chi connectivity index (χ4n) is 3.01. The first-order valence-electron chi connectivity index (χ1n) is 7.49. The number of fused-ring (bicyclic) bond motifs is 1. The van der Waals surface area contributed by atoms with Crippen molar-refractivity contribution in [3.8, 4) is 5.75 Å². The van der Waals surface area contributed by atoms with Crippen LogP contribution in [0.5, 0.6) is 5.75 Å². The van der Waals surface area contributed by atoms with Gasteiger partial charge in [0.05, 0.1) is 18.7 Å². The molecule has 1 N–H and O–H groups in total. The molecule has 0 unspecified atom stereocenters. The molecule has 1 aromatic heterocycles. The lowest BCUT2D eigenvalue weighted by Gasteiger charge is -2.26. The molecule has 2 heterocycles. The summed E-state index contributed by atoms with van der Waals surface area (Å²) in [6, 6.07) is 2.69. The van der Waals surface area contributed by atoms with E-state index in [1.807, 2.05) is 17.7 Å². The monoisotopic (exact) mass is 292 g/mol. The maximum absolute atomic E-state index is 13.5. The van der Waals surface area contributed by atoms with E-state index >= 15 is 0 Å². The van der Waals surface area contributed by atoms with Gasteiger partial charge in [-0.15, -0.1) is 0 Å². The highest BCUT2D eigenvalue weighted by molar-refractivity contribution is 5.89. The van der Waals surface area contributed by atoms with Gasteiger partial charge in [-0.25, -0.2) is 4.39 Å². The SMILES string of the molecule is CCn1cc(CCN2CCOCC2)c2c(O)cc(F)cc21. The summed E-state index contributed by atoms with van der Waals surface area (Å²) in [6.45, 7) is 7.19. The Hall–Kier alpha value is -1.59. The van der Waals surface area contributed by atoms with E-state index in [0.29, 0.717) is 0 Å². The van der Waals surface area contributed by atoms with Crippen molar-refractivity contribution in [2.45, 2.75) is 19.9 Å². The van der Waals surface area contributed by atoms with Gasteiger partial charge in [0.1, 0.15) is 11.6 Å². The van der Waals surface area contributed by atoms with E-state index in [1.165, 1.54) is 12.1 Å². The minimum absolute atomic E-state index is 0.0363.